The van der Waals surface area contributed by atoms with Gasteiger partial charge in [-0.25, -0.2) is 0 Å². The average molecular weight is 331 g/mol. The fraction of sp³-hybridized carbons (Fsp3) is 0.500. The molecule has 130 valence electrons. The lowest BCUT2D eigenvalue weighted by atomic mass is 10.1. The maximum atomic E-state index is 12.1. The fourth-order valence-electron chi connectivity index (χ4n) is 2.65. The predicted octanol–water partition coefficient (Wildman–Crippen LogP) is 0.986. The number of nitrogens with one attached hydrogen (secondary N) is 2. The van der Waals surface area contributed by atoms with Crippen molar-refractivity contribution < 1.29 is 14.4 Å². The van der Waals surface area contributed by atoms with Gasteiger partial charge in [0, 0.05) is 26.1 Å². The largest absolute Gasteiger partial charge is 0.355 e. The third-order valence-corrected chi connectivity index (χ3v) is 4.07. The van der Waals surface area contributed by atoms with Gasteiger partial charge in [0.1, 0.15) is 0 Å². The van der Waals surface area contributed by atoms with Gasteiger partial charge in [0.2, 0.25) is 17.7 Å². The van der Waals surface area contributed by atoms with E-state index in [0.717, 1.165) is 12.0 Å². The normalized spacial score (nSPS) is 17.0. The van der Waals surface area contributed by atoms with Gasteiger partial charge < -0.3 is 15.5 Å². The van der Waals surface area contributed by atoms with Crippen LogP contribution in [0.5, 0.6) is 0 Å². The molecule has 0 aliphatic carbocycles. The molecule has 6 nitrogen and oxygen atoms in total. The lowest BCUT2D eigenvalue weighted by Crippen LogP contribution is -2.40. The monoisotopic (exact) mass is 331 g/mol. The predicted molar refractivity (Wildman–Crippen MR) is 91.0 cm³/mol. The zero-order valence-electron chi connectivity index (χ0n) is 14.3. The second kappa shape index (κ2) is 8.47. The van der Waals surface area contributed by atoms with Gasteiger partial charge in [-0.3, -0.25) is 14.4 Å². The first-order valence-corrected chi connectivity index (χ1v) is 8.37. The number of aryl methyl sites for hydroxylation is 1. The van der Waals surface area contributed by atoms with Crippen molar-refractivity contribution in [2.45, 2.75) is 33.2 Å². The Hall–Kier alpha value is -2.37. The van der Waals surface area contributed by atoms with Crippen LogP contribution < -0.4 is 10.6 Å². The Balaban J connectivity index is 1.81. The second-order valence-electron chi connectivity index (χ2n) is 6.23. The van der Waals surface area contributed by atoms with E-state index in [1.54, 1.807) is 4.90 Å². The van der Waals surface area contributed by atoms with Crippen molar-refractivity contribution in [1.29, 1.82) is 0 Å². The number of hydrogen-bond donors (Lipinski definition) is 2. The minimum Gasteiger partial charge on any atom is -0.355 e. The standard InChI is InChI=1S/C18H25N3O3/c1-3-8-19-16(22)10-20-18(24)15-9-17(23)21(12-15)11-14-6-4-13(2)5-7-14/h4-7,15H,3,8-12H2,1-2H3,(H,19,22)(H,20,24). The minimum atomic E-state index is -0.387. The van der Waals surface area contributed by atoms with Gasteiger partial charge in [-0.05, 0) is 18.9 Å². The molecule has 0 saturated carbocycles. The molecular weight excluding hydrogens is 306 g/mol. The molecule has 2 N–H and O–H groups in total. The van der Waals surface area contributed by atoms with E-state index in [0.29, 0.717) is 19.6 Å². The first-order valence-electron chi connectivity index (χ1n) is 8.37. The quantitative estimate of drug-likeness (QED) is 0.782. The van der Waals surface area contributed by atoms with Gasteiger partial charge in [0.25, 0.3) is 0 Å². The molecule has 1 aliphatic rings. The molecule has 1 aromatic rings. The molecule has 6 heteroatoms. The Morgan fingerprint density at radius 3 is 2.58 bits per heavy atom. The second-order valence-corrected chi connectivity index (χ2v) is 6.23. The Kier molecular flexibility index (Phi) is 6.35. The first kappa shape index (κ1) is 18.0. The number of carbonyl (C=O) groups is 3. The molecule has 1 atom stereocenters. The lowest BCUT2D eigenvalue weighted by molar-refractivity contribution is -0.129. The van der Waals surface area contributed by atoms with Crippen LogP contribution in [0.2, 0.25) is 0 Å². The van der Waals surface area contributed by atoms with Crippen molar-refractivity contribution in [3.05, 3.63) is 35.4 Å². The van der Waals surface area contributed by atoms with E-state index in [4.69, 9.17) is 0 Å². The molecule has 3 amide bonds. The molecule has 1 aliphatic heterocycles. The molecule has 0 spiro atoms. The molecule has 1 fully saturated rings. The van der Waals surface area contributed by atoms with Crippen LogP contribution in [0.3, 0.4) is 0 Å². The van der Waals surface area contributed by atoms with E-state index < -0.39 is 0 Å². The third kappa shape index (κ3) is 5.08. The molecule has 1 saturated heterocycles. The maximum absolute atomic E-state index is 12.1. The van der Waals surface area contributed by atoms with Crippen molar-refractivity contribution in [3.63, 3.8) is 0 Å². The van der Waals surface area contributed by atoms with Crippen molar-refractivity contribution in [3.8, 4) is 0 Å². The smallest absolute Gasteiger partial charge is 0.239 e. The minimum absolute atomic E-state index is 0.0221. The van der Waals surface area contributed by atoms with Crippen molar-refractivity contribution in [1.82, 2.24) is 15.5 Å². The van der Waals surface area contributed by atoms with Crippen molar-refractivity contribution in [2.75, 3.05) is 19.6 Å². The molecule has 0 bridgehead atoms. The number of nitrogens with zero attached hydrogens (tertiary/aromatic N) is 1. The van der Waals surface area contributed by atoms with E-state index in [1.807, 2.05) is 38.1 Å². The summed E-state index contributed by atoms with van der Waals surface area (Å²) in [5, 5.41) is 5.32. The van der Waals surface area contributed by atoms with Crippen LogP contribution in [-0.4, -0.2) is 42.3 Å². The lowest BCUT2D eigenvalue weighted by Gasteiger charge is -2.17. The van der Waals surface area contributed by atoms with Gasteiger partial charge in [0.05, 0.1) is 12.5 Å². The van der Waals surface area contributed by atoms with Crippen LogP contribution >= 0.6 is 0 Å². The first-order chi connectivity index (χ1) is 11.5. The summed E-state index contributed by atoms with van der Waals surface area (Å²) >= 11 is 0. The Labute approximate surface area is 142 Å². The summed E-state index contributed by atoms with van der Waals surface area (Å²) in [5.74, 6) is -0.847. The Morgan fingerprint density at radius 1 is 1.21 bits per heavy atom. The number of carbonyl (C=O) groups excluding carboxylic acids is 3. The number of hydrogen-bond acceptors (Lipinski definition) is 3. The highest BCUT2D eigenvalue weighted by molar-refractivity contribution is 5.91. The summed E-state index contributed by atoms with van der Waals surface area (Å²) in [6, 6.07) is 8.01. The highest BCUT2D eigenvalue weighted by Crippen LogP contribution is 2.20. The summed E-state index contributed by atoms with van der Waals surface area (Å²) in [7, 11) is 0. The van der Waals surface area contributed by atoms with Crippen LogP contribution in [-0.2, 0) is 20.9 Å². The number of benzene rings is 1. The molecule has 24 heavy (non-hydrogen) atoms. The van der Waals surface area contributed by atoms with E-state index in [2.05, 4.69) is 10.6 Å². The van der Waals surface area contributed by atoms with Gasteiger partial charge in [-0.15, -0.1) is 0 Å². The average Bonchev–Trinajstić information content (AvgIpc) is 2.93. The van der Waals surface area contributed by atoms with Crippen LogP contribution in [0.15, 0.2) is 24.3 Å². The SMILES string of the molecule is CCCNC(=O)CNC(=O)C1CC(=O)N(Cc2ccc(C)cc2)C1. The summed E-state index contributed by atoms with van der Waals surface area (Å²) in [5.41, 5.74) is 2.22. The number of amides is 3. The zero-order chi connectivity index (χ0) is 17.5. The topological polar surface area (TPSA) is 78.5 Å². The maximum Gasteiger partial charge on any atom is 0.239 e. The molecular formula is C18H25N3O3. The molecule has 2 rings (SSSR count). The van der Waals surface area contributed by atoms with E-state index in [9.17, 15) is 14.4 Å². The van der Waals surface area contributed by atoms with Crippen molar-refractivity contribution >= 4 is 17.7 Å². The van der Waals surface area contributed by atoms with Crippen LogP contribution in [0.25, 0.3) is 0 Å². The van der Waals surface area contributed by atoms with Gasteiger partial charge in [-0.2, -0.15) is 0 Å². The molecule has 1 unspecified atom stereocenters. The molecule has 1 heterocycles. The Bertz CT molecular complexity index is 598. The summed E-state index contributed by atoms with van der Waals surface area (Å²) < 4.78 is 0. The van der Waals surface area contributed by atoms with Gasteiger partial charge >= 0.3 is 0 Å². The number of rotatable bonds is 7. The molecule has 0 radical (unpaired) electrons. The zero-order valence-corrected chi connectivity index (χ0v) is 14.3. The summed E-state index contributed by atoms with van der Waals surface area (Å²) in [6.07, 6.45) is 1.05. The summed E-state index contributed by atoms with van der Waals surface area (Å²) in [4.78, 5) is 37.5. The molecule has 0 aromatic heterocycles. The van der Waals surface area contributed by atoms with E-state index in [-0.39, 0.29) is 36.6 Å². The summed E-state index contributed by atoms with van der Waals surface area (Å²) in [6.45, 7) is 5.45. The van der Waals surface area contributed by atoms with Crippen LogP contribution in [0.1, 0.15) is 30.9 Å². The fourth-order valence-corrected chi connectivity index (χ4v) is 2.65. The molecule has 1 aromatic carbocycles. The van der Waals surface area contributed by atoms with Gasteiger partial charge in [0.15, 0.2) is 0 Å². The van der Waals surface area contributed by atoms with E-state index in [1.165, 1.54) is 5.56 Å². The Morgan fingerprint density at radius 2 is 1.92 bits per heavy atom. The number of likely N-dealkylation sites (tertiary alicyclic amines) is 1. The van der Waals surface area contributed by atoms with E-state index >= 15 is 0 Å². The van der Waals surface area contributed by atoms with Crippen molar-refractivity contribution in [2.24, 2.45) is 5.92 Å². The van der Waals surface area contributed by atoms with Crippen LogP contribution in [0.4, 0.5) is 0 Å². The third-order valence-electron chi connectivity index (χ3n) is 4.07. The van der Waals surface area contributed by atoms with Gasteiger partial charge in [-0.1, -0.05) is 36.8 Å². The highest BCUT2D eigenvalue weighted by Gasteiger charge is 2.34. The van der Waals surface area contributed by atoms with Crippen LogP contribution in [0, 0.1) is 12.8 Å². The highest BCUT2D eigenvalue weighted by atomic mass is 16.2.